The number of morpholine rings is 1. The molecule has 0 aliphatic carbocycles. The molecule has 0 aromatic heterocycles. The summed E-state index contributed by atoms with van der Waals surface area (Å²) < 4.78 is 5.40. The molecule has 2 aliphatic heterocycles. The van der Waals surface area contributed by atoms with Gasteiger partial charge in [-0.1, -0.05) is 36.4 Å². The highest BCUT2D eigenvalue weighted by molar-refractivity contribution is 6.00. The van der Waals surface area contributed by atoms with Gasteiger partial charge >= 0.3 is 0 Å². The van der Waals surface area contributed by atoms with E-state index in [2.05, 4.69) is 34.5 Å². The van der Waals surface area contributed by atoms with Gasteiger partial charge in [-0.05, 0) is 42.2 Å². The molecular formula is C25H31N3O3. The van der Waals surface area contributed by atoms with Crippen LogP contribution in [0.2, 0.25) is 0 Å². The number of carbonyl (C=O) groups is 2. The summed E-state index contributed by atoms with van der Waals surface area (Å²) in [6, 6.07) is 14.3. The lowest BCUT2D eigenvalue weighted by molar-refractivity contribution is -0.126. The molecule has 1 atom stereocenters. The van der Waals surface area contributed by atoms with Crippen molar-refractivity contribution >= 4 is 17.5 Å². The first-order valence-corrected chi connectivity index (χ1v) is 11.0. The van der Waals surface area contributed by atoms with Crippen molar-refractivity contribution in [3.8, 4) is 0 Å². The summed E-state index contributed by atoms with van der Waals surface area (Å²) >= 11 is 0. The smallest absolute Gasteiger partial charge is 0.227 e. The molecule has 2 saturated heterocycles. The molecular weight excluding hydrogens is 390 g/mol. The van der Waals surface area contributed by atoms with Crippen LogP contribution in [0.5, 0.6) is 0 Å². The summed E-state index contributed by atoms with van der Waals surface area (Å²) in [5, 5.41) is 3.02. The number of carbonyl (C=O) groups excluding carboxylic acids is 2. The maximum absolute atomic E-state index is 12.7. The summed E-state index contributed by atoms with van der Waals surface area (Å²) in [6.45, 7) is 9.44. The minimum atomic E-state index is -0.312. The van der Waals surface area contributed by atoms with Crippen LogP contribution in [-0.4, -0.2) is 49.6 Å². The summed E-state index contributed by atoms with van der Waals surface area (Å²) in [4.78, 5) is 29.4. The maximum Gasteiger partial charge on any atom is 0.227 e. The Kier molecular flexibility index (Phi) is 6.68. The highest BCUT2D eigenvalue weighted by Gasteiger charge is 2.35. The molecule has 2 aromatic rings. The van der Waals surface area contributed by atoms with Gasteiger partial charge in [0.1, 0.15) is 0 Å². The normalized spacial score (nSPS) is 19.6. The fourth-order valence-corrected chi connectivity index (χ4v) is 4.26. The van der Waals surface area contributed by atoms with E-state index in [0.717, 1.165) is 55.2 Å². The van der Waals surface area contributed by atoms with E-state index in [1.54, 1.807) is 4.90 Å². The van der Waals surface area contributed by atoms with Gasteiger partial charge in [-0.15, -0.1) is 0 Å². The zero-order valence-corrected chi connectivity index (χ0v) is 18.4. The number of ether oxygens (including phenoxy) is 1. The van der Waals surface area contributed by atoms with Gasteiger partial charge in [0.2, 0.25) is 11.8 Å². The Morgan fingerprint density at radius 1 is 1.06 bits per heavy atom. The second-order valence-electron chi connectivity index (χ2n) is 8.55. The number of rotatable bonds is 6. The average molecular weight is 422 g/mol. The first-order valence-electron chi connectivity index (χ1n) is 11.0. The average Bonchev–Trinajstić information content (AvgIpc) is 3.17. The number of benzene rings is 2. The number of nitrogens with one attached hydrogen (secondary N) is 1. The van der Waals surface area contributed by atoms with E-state index < -0.39 is 0 Å². The Balaban J connectivity index is 1.29. The number of aryl methyl sites for hydroxylation is 1. The Morgan fingerprint density at radius 2 is 1.77 bits per heavy atom. The molecule has 6 heteroatoms. The molecule has 4 rings (SSSR count). The third-order valence-electron chi connectivity index (χ3n) is 6.36. The quantitative estimate of drug-likeness (QED) is 0.779. The first-order chi connectivity index (χ1) is 15.0. The van der Waals surface area contributed by atoms with Gasteiger partial charge in [0, 0.05) is 44.8 Å². The van der Waals surface area contributed by atoms with Crippen LogP contribution in [-0.2, 0) is 27.4 Å². The maximum atomic E-state index is 12.7. The largest absolute Gasteiger partial charge is 0.379 e. The van der Waals surface area contributed by atoms with Gasteiger partial charge in [-0.3, -0.25) is 14.5 Å². The molecule has 2 heterocycles. The predicted molar refractivity (Wildman–Crippen MR) is 121 cm³/mol. The van der Waals surface area contributed by atoms with Crippen molar-refractivity contribution < 1.29 is 14.3 Å². The molecule has 0 radical (unpaired) electrons. The van der Waals surface area contributed by atoms with Crippen LogP contribution in [0, 0.1) is 19.8 Å². The molecule has 0 bridgehead atoms. The molecule has 2 aromatic carbocycles. The van der Waals surface area contributed by atoms with Crippen LogP contribution >= 0.6 is 0 Å². The molecule has 1 N–H and O–H groups in total. The Morgan fingerprint density at radius 3 is 2.52 bits per heavy atom. The van der Waals surface area contributed by atoms with Crippen LogP contribution in [0.15, 0.2) is 42.5 Å². The van der Waals surface area contributed by atoms with E-state index in [9.17, 15) is 9.59 Å². The third-order valence-corrected chi connectivity index (χ3v) is 6.36. The summed E-state index contributed by atoms with van der Waals surface area (Å²) in [5.74, 6) is -0.354. The SMILES string of the molecule is Cc1cccc(N2CC(C(=O)NCc3ccc(CN4CCOCC4)cc3)CC2=O)c1C. The molecule has 0 saturated carbocycles. The van der Waals surface area contributed by atoms with Crippen molar-refractivity contribution in [3.63, 3.8) is 0 Å². The van der Waals surface area contributed by atoms with Gasteiger partial charge in [0.05, 0.1) is 19.1 Å². The number of anilines is 1. The molecule has 2 fully saturated rings. The van der Waals surface area contributed by atoms with E-state index in [-0.39, 0.29) is 24.2 Å². The van der Waals surface area contributed by atoms with Crippen molar-refractivity contribution in [1.82, 2.24) is 10.2 Å². The van der Waals surface area contributed by atoms with Crippen LogP contribution in [0.3, 0.4) is 0 Å². The van der Waals surface area contributed by atoms with Crippen LogP contribution in [0.25, 0.3) is 0 Å². The lowest BCUT2D eigenvalue weighted by atomic mass is 10.1. The Bertz CT molecular complexity index is 936. The molecule has 2 aliphatic rings. The third kappa shape index (κ3) is 5.14. The molecule has 164 valence electrons. The van der Waals surface area contributed by atoms with Crippen molar-refractivity contribution in [2.45, 2.75) is 33.4 Å². The van der Waals surface area contributed by atoms with Gasteiger partial charge in [0.15, 0.2) is 0 Å². The number of hydrogen-bond acceptors (Lipinski definition) is 4. The van der Waals surface area contributed by atoms with Crippen LogP contribution in [0.4, 0.5) is 5.69 Å². The predicted octanol–water partition coefficient (Wildman–Crippen LogP) is 2.80. The highest BCUT2D eigenvalue weighted by atomic mass is 16.5. The second-order valence-corrected chi connectivity index (χ2v) is 8.55. The first kappa shape index (κ1) is 21.5. The van der Waals surface area contributed by atoms with Gasteiger partial charge < -0.3 is 15.0 Å². The van der Waals surface area contributed by atoms with Crippen molar-refractivity contribution in [1.29, 1.82) is 0 Å². The number of hydrogen-bond donors (Lipinski definition) is 1. The summed E-state index contributed by atoms with van der Waals surface area (Å²) in [5.41, 5.74) is 5.48. The van der Waals surface area contributed by atoms with Gasteiger partial charge in [0.25, 0.3) is 0 Å². The number of nitrogens with zero attached hydrogens (tertiary/aromatic N) is 2. The van der Waals surface area contributed by atoms with E-state index in [1.807, 2.05) is 32.0 Å². The van der Waals surface area contributed by atoms with E-state index in [1.165, 1.54) is 5.56 Å². The topological polar surface area (TPSA) is 61.9 Å². The highest BCUT2D eigenvalue weighted by Crippen LogP contribution is 2.29. The van der Waals surface area contributed by atoms with E-state index in [4.69, 9.17) is 4.74 Å². The molecule has 1 unspecified atom stereocenters. The lowest BCUT2D eigenvalue weighted by Crippen LogP contribution is -2.35. The van der Waals surface area contributed by atoms with Crippen molar-refractivity contribution in [2.24, 2.45) is 5.92 Å². The monoisotopic (exact) mass is 421 g/mol. The van der Waals surface area contributed by atoms with Crippen molar-refractivity contribution in [3.05, 3.63) is 64.7 Å². The minimum absolute atomic E-state index is 0.0151. The van der Waals surface area contributed by atoms with Gasteiger partial charge in [-0.2, -0.15) is 0 Å². The van der Waals surface area contributed by atoms with Crippen molar-refractivity contribution in [2.75, 3.05) is 37.7 Å². The lowest BCUT2D eigenvalue weighted by Gasteiger charge is -2.26. The van der Waals surface area contributed by atoms with E-state index in [0.29, 0.717) is 13.1 Å². The van der Waals surface area contributed by atoms with Crippen LogP contribution in [0.1, 0.15) is 28.7 Å². The molecule has 6 nitrogen and oxygen atoms in total. The Hall–Kier alpha value is -2.70. The summed E-state index contributed by atoms with van der Waals surface area (Å²) in [6.07, 6.45) is 0.262. The fourth-order valence-electron chi connectivity index (χ4n) is 4.26. The van der Waals surface area contributed by atoms with E-state index >= 15 is 0 Å². The second kappa shape index (κ2) is 9.62. The molecule has 31 heavy (non-hydrogen) atoms. The minimum Gasteiger partial charge on any atom is -0.379 e. The summed E-state index contributed by atoms with van der Waals surface area (Å²) in [7, 11) is 0. The number of amides is 2. The van der Waals surface area contributed by atoms with Gasteiger partial charge in [-0.25, -0.2) is 0 Å². The zero-order chi connectivity index (χ0) is 21.8. The zero-order valence-electron chi connectivity index (χ0n) is 18.4. The standard InChI is InChI=1S/C25H31N3O3/c1-18-4-3-5-23(19(18)2)28-17-22(14-24(28)29)25(30)26-15-20-6-8-21(9-7-20)16-27-10-12-31-13-11-27/h3-9,22H,10-17H2,1-2H3,(H,26,30). The van der Waals surface area contributed by atoms with Crippen LogP contribution < -0.4 is 10.2 Å². The molecule has 2 amide bonds. The Labute approximate surface area is 184 Å². The molecule has 0 spiro atoms. The fraction of sp³-hybridized carbons (Fsp3) is 0.440.